The SMILES string of the molecule is Cc1cc([C@H]2C3=CC[C@@H]4C(=O)N(c5ccc(Br)cc5)C(=O)[C@@H]4[C@@H]3C[C@H]3C(=O)C(c4ccccc4)=CC(=O)[C@@]23c2ccccc2)cc(C)c1O. The van der Waals surface area contributed by atoms with E-state index in [1.165, 1.54) is 11.0 Å². The highest BCUT2D eigenvalue weighted by atomic mass is 79.9. The van der Waals surface area contributed by atoms with Crippen LogP contribution in [0.25, 0.3) is 5.57 Å². The third-order valence-corrected chi connectivity index (χ3v) is 11.8. The van der Waals surface area contributed by atoms with E-state index in [4.69, 9.17) is 0 Å². The number of halogens is 1. The number of hydrogen-bond donors (Lipinski definition) is 1. The van der Waals surface area contributed by atoms with Crippen LogP contribution in [0.3, 0.4) is 0 Å². The maximum absolute atomic E-state index is 15.1. The first kappa shape index (κ1) is 31.4. The minimum absolute atomic E-state index is 0.144. The lowest BCUT2D eigenvalue weighted by Gasteiger charge is -2.55. The first-order valence-corrected chi connectivity index (χ1v) is 17.5. The van der Waals surface area contributed by atoms with E-state index in [0.717, 1.165) is 21.2 Å². The maximum Gasteiger partial charge on any atom is 0.238 e. The smallest absolute Gasteiger partial charge is 0.238 e. The number of phenols is 1. The molecule has 0 aromatic heterocycles. The standard InChI is InChI=1S/C42H34BrNO5/c1-23-19-26(20-24(2)38(23)46)37-30-17-18-31-36(41(49)44(40(31)48)29-15-13-28(43)14-16-29)33(30)21-34-39(47)32(25-9-5-3-6-10-25)22-35(45)42(34,37)27-11-7-4-8-12-27/h3-17,19-20,22,31,33-34,36-37,46H,18,21H2,1-2H3/t31-,33+,34-,36-,37-,42-/m0/s1. The summed E-state index contributed by atoms with van der Waals surface area (Å²) in [6.45, 7) is 3.67. The van der Waals surface area contributed by atoms with E-state index in [2.05, 4.69) is 22.0 Å². The van der Waals surface area contributed by atoms with E-state index in [1.54, 1.807) is 12.1 Å². The molecule has 4 aromatic carbocycles. The second-order valence-electron chi connectivity index (χ2n) is 13.8. The van der Waals surface area contributed by atoms with Crippen LogP contribution in [0.15, 0.2) is 119 Å². The summed E-state index contributed by atoms with van der Waals surface area (Å²) in [5.74, 6) is -3.78. The molecule has 1 saturated carbocycles. The van der Waals surface area contributed by atoms with Gasteiger partial charge >= 0.3 is 0 Å². The summed E-state index contributed by atoms with van der Waals surface area (Å²) in [5, 5.41) is 10.8. The summed E-state index contributed by atoms with van der Waals surface area (Å²) in [7, 11) is 0. The van der Waals surface area contributed by atoms with Crippen molar-refractivity contribution < 1.29 is 24.3 Å². The van der Waals surface area contributed by atoms with Crippen LogP contribution in [-0.2, 0) is 24.6 Å². The minimum atomic E-state index is -1.31. The Balaban J connectivity index is 1.37. The number of amides is 2. The van der Waals surface area contributed by atoms with Gasteiger partial charge in [0.2, 0.25) is 11.8 Å². The molecule has 49 heavy (non-hydrogen) atoms. The van der Waals surface area contributed by atoms with Crippen LogP contribution in [0.1, 0.15) is 46.6 Å². The van der Waals surface area contributed by atoms with Gasteiger partial charge in [0.25, 0.3) is 0 Å². The fraction of sp³-hybridized carbons (Fsp3) is 0.238. The number of hydrogen-bond acceptors (Lipinski definition) is 5. The van der Waals surface area contributed by atoms with Gasteiger partial charge in [-0.05, 0) is 90.8 Å². The topological polar surface area (TPSA) is 91.8 Å². The molecule has 1 aliphatic heterocycles. The van der Waals surface area contributed by atoms with Crippen LogP contribution in [0.5, 0.6) is 5.75 Å². The van der Waals surface area contributed by atoms with Gasteiger partial charge in [0.1, 0.15) is 5.75 Å². The Morgan fingerprint density at radius 3 is 2.08 bits per heavy atom. The predicted molar refractivity (Wildman–Crippen MR) is 191 cm³/mol. The Hall–Kier alpha value is -4.88. The van der Waals surface area contributed by atoms with Gasteiger partial charge in [-0.15, -0.1) is 0 Å². The van der Waals surface area contributed by atoms with Crippen molar-refractivity contribution in [2.75, 3.05) is 4.90 Å². The summed E-state index contributed by atoms with van der Waals surface area (Å²) in [5.41, 5.74) is 4.02. The number of imide groups is 1. The maximum atomic E-state index is 15.1. The molecular formula is C42H34BrNO5. The van der Waals surface area contributed by atoms with Crippen molar-refractivity contribution in [3.05, 3.63) is 147 Å². The molecular weight excluding hydrogens is 678 g/mol. The Kier molecular flexibility index (Phi) is 7.45. The first-order chi connectivity index (χ1) is 23.6. The van der Waals surface area contributed by atoms with Crippen LogP contribution >= 0.6 is 15.9 Å². The number of aromatic hydroxyl groups is 1. The van der Waals surface area contributed by atoms with Gasteiger partial charge in [-0.25, -0.2) is 0 Å². The molecule has 3 aliphatic carbocycles. The average molecular weight is 713 g/mol. The fourth-order valence-electron chi connectivity index (χ4n) is 9.25. The Labute approximate surface area is 293 Å². The van der Waals surface area contributed by atoms with Crippen molar-refractivity contribution in [3.63, 3.8) is 0 Å². The number of anilines is 1. The number of aryl methyl sites for hydroxylation is 2. The molecule has 6 atom stereocenters. The van der Waals surface area contributed by atoms with Crippen LogP contribution in [0.2, 0.25) is 0 Å². The lowest BCUT2D eigenvalue weighted by atomic mass is 9.44. The highest BCUT2D eigenvalue weighted by Gasteiger charge is 2.66. The van der Waals surface area contributed by atoms with E-state index < -0.39 is 35.0 Å². The molecule has 4 aliphatic rings. The number of phenolic OH excluding ortho intramolecular Hbond substituents is 1. The van der Waals surface area contributed by atoms with Crippen molar-refractivity contribution >= 4 is 50.6 Å². The molecule has 8 rings (SSSR count). The molecule has 1 heterocycles. The molecule has 6 nitrogen and oxygen atoms in total. The number of carbonyl (C=O) groups excluding carboxylic acids is 4. The molecule has 0 unspecified atom stereocenters. The van der Waals surface area contributed by atoms with E-state index in [-0.39, 0.29) is 35.6 Å². The zero-order chi connectivity index (χ0) is 34.2. The summed E-state index contributed by atoms with van der Waals surface area (Å²) in [4.78, 5) is 60.0. The lowest BCUT2D eigenvalue weighted by molar-refractivity contribution is -0.135. The van der Waals surface area contributed by atoms with E-state index >= 15 is 9.59 Å². The van der Waals surface area contributed by atoms with Crippen molar-refractivity contribution in [1.82, 2.24) is 0 Å². The van der Waals surface area contributed by atoms with Crippen LogP contribution in [0.4, 0.5) is 5.69 Å². The normalized spacial score (nSPS) is 27.7. The number of nitrogens with zero attached hydrogens (tertiary/aromatic N) is 1. The van der Waals surface area contributed by atoms with Crippen molar-refractivity contribution in [2.45, 2.75) is 38.0 Å². The fourth-order valence-corrected chi connectivity index (χ4v) is 9.51. The largest absolute Gasteiger partial charge is 0.507 e. The molecule has 2 amide bonds. The number of benzene rings is 4. The third-order valence-electron chi connectivity index (χ3n) is 11.3. The quantitative estimate of drug-likeness (QED) is 0.172. The second kappa shape index (κ2) is 11.6. The third kappa shape index (κ3) is 4.58. The number of carbonyl (C=O) groups is 4. The Bertz CT molecular complexity index is 2100. The highest BCUT2D eigenvalue weighted by Crippen LogP contribution is 2.64. The van der Waals surface area contributed by atoms with Crippen molar-refractivity contribution in [1.29, 1.82) is 0 Å². The predicted octanol–water partition coefficient (Wildman–Crippen LogP) is 7.80. The van der Waals surface area contributed by atoms with Gasteiger partial charge in [-0.1, -0.05) is 100 Å². The number of allylic oxidation sites excluding steroid dienone is 4. The Morgan fingerprint density at radius 2 is 1.43 bits per heavy atom. The minimum Gasteiger partial charge on any atom is -0.507 e. The van der Waals surface area contributed by atoms with E-state index in [1.807, 2.05) is 98.8 Å². The highest BCUT2D eigenvalue weighted by molar-refractivity contribution is 9.10. The number of rotatable bonds is 4. The molecule has 0 radical (unpaired) electrons. The molecule has 4 aromatic rings. The molecule has 1 saturated heterocycles. The number of ketones is 2. The zero-order valence-corrected chi connectivity index (χ0v) is 28.7. The molecule has 2 fully saturated rings. The van der Waals surface area contributed by atoms with Gasteiger partial charge in [-0.2, -0.15) is 0 Å². The van der Waals surface area contributed by atoms with Gasteiger partial charge in [0.15, 0.2) is 11.6 Å². The average Bonchev–Trinajstić information content (AvgIpc) is 3.37. The van der Waals surface area contributed by atoms with Crippen LogP contribution < -0.4 is 4.90 Å². The molecule has 0 spiro atoms. The monoisotopic (exact) mass is 711 g/mol. The number of Topliss-reactive ketones (excluding diaryl/α,β-unsaturated/α-hetero) is 1. The summed E-state index contributed by atoms with van der Waals surface area (Å²) in [6, 6.07) is 29.8. The van der Waals surface area contributed by atoms with Crippen LogP contribution in [0, 0.1) is 37.5 Å². The van der Waals surface area contributed by atoms with Crippen molar-refractivity contribution in [3.8, 4) is 5.75 Å². The van der Waals surface area contributed by atoms with Crippen molar-refractivity contribution in [2.24, 2.45) is 23.7 Å². The second-order valence-corrected chi connectivity index (χ2v) is 14.7. The van der Waals surface area contributed by atoms with Gasteiger partial charge in [0, 0.05) is 21.9 Å². The van der Waals surface area contributed by atoms with Gasteiger partial charge < -0.3 is 5.11 Å². The van der Waals surface area contributed by atoms with E-state index in [0.29, 0.717) is 34.4 Å². The summed E-state index contributed by atoms with van der Waals surface area (Å²) in [6.07, 6.45) is 4.19. The summed E-state index contributed by atoms with van der Waals surface area (Å²) < 4.78 is 0.839. The van der Waals surface area contributed by atoms with Crippen LogP contribution in [-0.4, -0.2) is 28.5 Å². The first-order valence-electron chi connectivity index (χ1n) is 16.7. The van der Waals surface area contributed by atoms with Gasteiger partial charge in [0.05, 0.1) is 22.9 Å². The molecule has 1 N–H and O–H groups in total. The Morgan fingerprint density at radius 1 is 0.796 bits per heavy atom. The zero-order valence-electron chi connectivity index (χ0n) is 27.1. The summed E-state index contributed by atoms with van der Waals surface area (Å²) >= 11 is 3.45. The lowest BCUT2D eigenvalue weighted by Crippen LogP contribution is -2.58. The number of fused-ring (bicyclic) bond motifs is 4. The molecule has 0 bridgehead atoms. The van der Waals surface area contributed by atoms with Gasteiger partial charge in [-0.3, -0.25) is 24.1 Å². The molecule has 244 valence electrons. The van der Waals surface area contributed by atoms with E-state index in [9.17, 15) is 14.7 Å². The molecule has 7 heteroatoms.